The van der Waals surface area contributed by atoms with Crippen molar-refractivity contribution < 1.29 is 19.7 Å². The quantitative estimate of drug-likeness (QED) is 0.723. The number of fused-ring (bicyclic) bond motifs is 1. The summed E-state index contributed by atoms with van der Waals surface area (Å²) in [4.78, 5) is 9.25. The second-order valence-corrected chi connectivity index (χ2v) is 7.20. The second-order valence-electron chi connectivity index (χ2n) is 6.29. The van der Waals surface area contributed by atoms with Crippen LogP contribution in [-0.4, -0.2) is 44.8 Å². The molecule has 0 spiro atoms. The van der Waals surface area contributed by atoms with Gasteiger partial charge in [-0.1, -0.05) is 6.92 Å². The van der Waals surface area contributed by atoms with E-state index in [1.54, 1.807) is 13.8 Å². The summed E-state index contributed by atoms with van der Waals surface area (Å²) in [6.07, 6.45) is 0.234. The third kappa shape index (κ3) is 3.05. The number of hydrogen-bond donors (Lipinski definition) is 3. The minimum absolute atomic E-state index is 0.0587. The van der Waals surface area contributed by atoms with Crippen molar-refractivity contribution in [1.29, 1.82) is 0 Å². The Morgan fingerprint density at radius 2 is 2.17 bits per heavy atom. The van der Waals surface area contributed by atoms with Crippen molar-refractivity contribution in [3.8, 4) is 0 Å². The van der Waals surface area contributed by atoms with E-state index in [-0.39, 0.29) is 18.6 Å². The van der Waals surface area contributed by atoms with Gasteiger partial charge in [0, 0.05) is 11.3 Å². The number of aliphatic hydroxyl groups is 2. The van der Waals surface area contributed by atoms with Gasteiger partial charge in [-0.2, -0.15) is 0 Å². The van der Waals surface area contributed by atoms with Crippen LogP contribution >= 0.6 is 11.3 Å². The Hall–Kier alpha value is -1.32. The molecule has 4 N–H and O–H groups in total. The van der Waals surface area contributed by atoms with Crippen molar-refractivity contribution in [3.63, 3.8) is 0 Å². The molecule has 0 amide bonds. The number of anilines is 1. The number of hydrogen-bond acceptors (Lipinski definition) is 8. The molecule has 0 unspecified atom stereocenters. The van der Waals surface area contributed by atoms with E-state index in [1.807, 2.05) is 12.3 Å². The number of nitrogen functional groups attached to an aromatic ring is 1. The van der Waals surface area contributed by atoms with Gasteiger partial charge in [-0.3, -0.25) is 0 Å². The average molecular weight is 339 g/mol. The van der Waals surface area contributed by atoms with Gasteiger partial charge in [-0.05, 0) is 13.8 Å². The zero-order valence-corrected chi connectivity index (χ0v) is 14.1. The minimum atomic E-state index is -1.30. The molecule has 2 aromatic rings. The molecular weight excluding hydrogens is 318 g/mol. The van der Waals surface area contributed by atoms with Crippen LogP contribution in [0.3, 0.4) is 0 Å². The zero-order valence-electron chi connectivity index (χ0n) is 13.3. The molecule has 2 aromatic heterocycles. The molecule has 3 heterocycles. The lowest BCUT2D eigenvalue weighted by Crippen LogP contribution is -2.39. The van der Waals surface area contributed by atoms with Gasteiger partial charge in [0.15, 0.2) is 5.79 Å². The number of rotatable bonds is 4. The summed E-state index contributed by atoms with van der Waals surface area (Å²) in [6.45, 7) is 4.93. The average Bonchev–Trinajstić information content (AvgIpc) is 3.01. The van der Waals surface area contributed by atoms with Crippen molar-refractivity contribution in [3.05, 3.63) is 16.6 Å². The van der Waals surface area contributed by atoms with Gasteiger partial charge >= 0.3 is 0 Å². The van der Waals surface area contributed by atoms with Crippen LogP contribution in [0.5, 0.6) is 0 Å². The highest BCUT2D eigenvalue weighted by Gasteiger charge is 2.46. The summed E-state index contributed by atoms with van der Waals surface area (Å²) in [5, 5.41) is 22.2. The Kier molecular flexibility index (Phi) is 4.28. The zero-order chi connectivity index (χ0) is 16.8. The first-order chi connectivity index (χ1) is 10.8. The van der Waals surface area contributed by atoms with Crippen LogP contribution in [0, 0.1) is 5.92 Å². The van der Waals surface area contributed by atoms with Gasteiger partial charge in [-0.15, -0.1) is 11.3 Å². The second kappa shape index (κ2) is 5.95. The maximum atomic E-state index is 9.94. The molecule has 1 fully saturated rings. The van der Waals surface area contributed by atoms with Gasteiger partial charge in [0.1, 0.15) is 18.2 Å². The van der Waals surface area contributed by atoms with Crippen molar-refractivity contribution in [2.24, 2.45) is 5.92 Å². The molecular formula is C15H21N3O4S. The van der Waals surface area contributed by atoms with Crippen LogP contribution in [0.4, 0.5) is 5.82 Å². The normalized spacial score (nSPS) is 28.6. The molecule has 1 saturated heterocycles. The van der Waals surface area contributed by atoms with Crippen LogP contribution in [-0.2, 0) is 9.47 Å². The maximum absolute atomic E-state index is 9.94. The molecule has 0 bridgehead atoms. The fraction of sp³-hybridized carbons (Fsp3) is 0.600. The van der Waals surface area contributed by atoms with Crippen molar-refractivity contribution >= 4 is 28.1 Å². The van der Waals surface area contributed by atoms with E-state index in [4.69, 9.17) is 15.2 Å². The summed E-state index contributed by atoms with van der Waals surface area (Å²) in [6, 6.07) is 0. The monoisotopic (exact) mass is 339 g/mol. The smallest absolute Gasteiger partial charge is 0.160 e. The maximum Gasteiger partial charge on any atom is 0.160 e. The molecule has 0 radical (unpaired) electrons. The van der Waals surface area contributed by atoms with E-state index in [2.05, 4.69) is 9.97 Å². The van der Waals surface area contributed by atoms with Gasteiger partial charge in [0.25, 0.3) is 0 Å². The standard InChI is InChI=1S/C15H21N3O4S/c1-7-11(22-15(2,3)20)9(4-19)21-12(7)13-10-8(5-23-13)14(16)18-6-17-10/h5-7,9,11-12,19-20H,4H2,1-3H3,(H2,16,17,18)/t7-,9+,11-,12+/m0/s1. The predicted molar refractivity (Wildman–Crippen MR) is 86.9 cm³/mol. The van der Waals surface area contributed by atoms with Gasteiger partial charge in [0.05, 0.1) is 34.6 Å². The number of nitrogens with two attached hydrogens (primary N) is 1. The minimum Gasteiger partial charge on any atom is -0.394 e. The highest BCUT2D eigenvalue weighted by atomic mass is 32.1. The molecule has 0 saturated carbocycles. The van der Waals surface area contributed by atoms with E-state index in [9.17, 15) is 10.2 Å². The Morgan fingerprint density at radius 3 is 2.83 bits per heavy atom. The summed E-state index contributed by atoms with van der Waals surface area (Å²) < 4.78 is 11.7. The Labute approximate surface area is 138 Å². The molecule has 23 heavy (non-hydrogen) atoms. The number of aromatic nitrogens is 2. The van der Waals surface area contributed by atoms with Crippen molar-refractivity contribution in [2.75, 3.05) is 12.3 Å². The first-order valence-corrected chi connectivity index (χ1v) is 8.34. The predicted octanol–water partition coefficient (Wildman–Crippen LogP) is 1.46. The van der Waals surface area contributed by atoms with E-state index in [0.717, 1.165) is 15.8 Å². The highest BCUT2D eigenvalue weighted by Crippen LogP contribution is 2.45. The molecule has 126 valence electrons. The van der Waals surface area contributed by atoms with E-state index in [0.29, 0.717) is 5.82 Å². The summed E-state index contributed by atoms with van der Waals surface area (Å²) in [5.74, 6) is -0.919. The van der Waals surface area contributed by atoms with Crippen LogP contribution in [0.15, 0.2) is 11.7 Å². The Bertz CT molecular complexity index is 700. The third-order valence-electron chi connectivity index (χ3n) is 4.00. The lowest BCUT2D eigenvalue weighted by Gasteiger charge is -2.28. The van der Waals surface area contributed by atoms with Gasteiger partial charge in [0.2, 0.25) is 0 Å². The SMILES string of the molecule is C[C@H]1[C@H](OC(C)(C)O)[C@@H](CO)O[C@H]1c1scc2c(N)ncnc12. The topological polar surface area (TPSA) is 111 Å². The van der Waals surface area contributed by atoms with Crippen LogP contribution < -0.4 is 5.73 Å². The summed E-state index contributed by atoms with van der Waals surface area (Å²) in [5.41, 5.74) is 6.65. The fourth-order valence-corrected chi connectivity index (χ4v) is 4.12. The van der Waals surface area contributed by atoms with Crippen molar-refractivity contribution in [2.45, 2.75) is 44.9 Å². The molecule has 1 aliphatic heterocycles. The lowest BCUT2D eigenvalue weighted by atomic mass is 9.96. The number of nitrogens with zero attached hydrogens (tertiary/aromatic N) is 2. The van der Waals surface area contributed by atoms with Crippen LogP contribution in [0.25, 0.3) is 10.9 Å². The Balaban J connectivity index is 1.95. The van der Waals surface area contributed by atoms with Crippen molar-refractivity contribution in [1.82, 2.24) is 9.97 Å². The highest BCUT2D eigenvalue weighted by molar-refractivity contribution is 7.11. The first kappa shape index (κ1) is 16.5. The van der Waals surface area contributed by atoms with Crippen LogP contribution in [0.1, 0.15) is 31.8 Å². The molecule has 3 rings (SSSR count). The molecule has 0 aromatic carbocycles. The number of aliphatic hydroxyl groups excluding tert-OH is 1. The molecule has 8 heteroatoms. The van der Waals surface area contributed by atoms with E-state index in [1.165, 1.54) is 17.7 Å². The Morgan fingerprint density at radius 1 is 1.43 bits per heavy atom. The van der Waals surface area contributed by atoms with Gasteiger partial charge < -0.3 is 25.4 Å². The summed E-state index contributed by atoms with van der Waals surface area (Å²) >= 11 is 1.50. The third-order valence-corrected chi connectivity index (χ3v) is 5.03. The van der Waals surface area contributed by atoms with Gasteiger partial charge in [-0.25, -0.2) is 9.97 Å². The van der Waals surface area contributed by atoms with E-state index < -0.39 is 18.0 Å². The largest absolute Gasteiger partial charge is 0.394 e. The molecule has 4 atom stereocenters. The van der Waals surface area contributed by atoms with Crippen LogP contribution in [0.2, 0.25) is 0 Å². The molecule has 0 aliphatic carbocycles. The number of thiophene rings is 1. The number of ether oxygens (including phenoxy) is 2. The first-order valence-electron chi connectivity index (χ1n) is 7.46. The summed E-state index contributed by atoms with van der Waals surface area (Å²) in [7, 11) is 0. The molecule has 1 aliphatic rings. The fourth-order valence-electron chi connectivity index (χ4n) is 2.97. The van der Waals surface area contributed by atoms with E-state index >= 15 is 0 Å². The lowest BCUT2D eigenvalue weighted by molar-refractivity contribution is -0.222. The molecule has 7 nitrogen and oxygen atoms in total.